The van der Waals surface area contributed by atoms with Crippen LogP contribution in [0.2, 0.25) is 18.1 Å². The van der Waals surface area contributed by atoms with Crippen molar-refractivity contribution in [2.75, 3.05) is 6.54 Å². The van der Waals surface area contributed by atoms with Crippen molar-refractivity contribution in [2.24, 2.45) is 0 Å². The molecule has 0 radical (unpaired) electrons. The summed E-state index contributed by atoms with van der Waals surface area (Å²) < 4.78 is 6.36. The molecule has 1 heterocycles. The van der Waals surface area contributed by atoms with Gasteiger partial charge in [0.1, 0.15) is 6.23 Å². The summed E-state index contributed by atoms with van der Waals surface area (Å²) >= 11 is 0. The first kappa shape index (κ1) is 14.7. The summed E-state index contributed by atoms with van der Waals surface area (Å²) in [5.41, 5.74) is 0. The molecule has 3 nitrogen and oxygen atoms in total. The quantitative estimate of drug-likeness (QED) is 0.558. The summed E-state index contributed by atoms with van der Waals surface area (Å²) in [7, 11) is -1.77. The number of rotatable bonds is 5. The van der Waals surface area contributed by atoms with E-state index in [2.05, 4.69) is 40.8 Å². The molecule has 0 aromatic rings. The molecule has 1 atom stereocenters. The van der Waals surface area contributed by atoms with Crippen LogP contribution in [0.3, 0.4) is 0 Å². The van der Waals surface area contributed by atoms with Crippen LogP contribution < -0.4 is 0 Å². The first-order valence-corrected chi connectivity index (χ1v) is 9.57. The number of β-lactam (4-membered cyclic amide) rings is 1. The van der Waals surface area contributed by atoms with E-state index in [0.717, 1.165) is 19.4 Å². The highest BCUT2D eigenvalue weighted by Crippen LogP contribution is 2.38. The van der Waals surface area contributed by atoms with Gasteiger partial charge in [0.25, 0.3) is 0 Å². The number of nitrogens with zero attached hydrogens (tertiary/aromatic N) is 1. The molecule has 1 fully saturated rings. The van der Waals surface area contributed by atoms with E-state index in [1.165, 1.54) is 0 Å². The van der Waals surface area contributed by atoms with Gasteiger partial charge in [0.05, 0.1) is 0 Å². The monoisotopic (exact) mass is 257 g/mol. The predicted molar refractivity (Wildman–Crippen MR) is 73.3 cm³/mol. The zero-order valence-electron chi connectivity index (χ0n) is 12.2. The van der Waals surface area contributed by atoms with Gasteiger partial charge in [-0.1, -0.05) is 34.1 Å². The molecule has 4 heteroatoms. The average molecular weight is 257 g/mol. The first-order chi connectivity index (χ1) is 7.69. The van der Waals surface area contributed by atoms with E-state index in [4.69, 9.17) is 4.43 Å². The molecule has 0 aliphatic carbocycles. The van der Waals surface area contributed by atoms with Gasteiger partial charge in [-0.3, -0.25) is 4.79 Å². The average Bonchev–Trinajstić information content (AvgIpc) is 2.13. The van der Waals surface area contributed by atoms with Crippen LogP contribution in [0.25, 0.3) is 0 Å². The lowest BCUT2D eigenvalue weighted by atomic mass is 10.1. The normalized spacial score (nSPS) is 19.2. The molecular weight excluding hydrogens is 230 g/mol. The van der Waals surface area contributed by atoms with Crippen LogP contribution in [0.4, 0.5) is 0 Å². The van der Waals surface area contributed by atoms with E-state index >= 15 is 0 Å². The molecule has 100 valence electrons. The number of carbonyl (C=O) groups excluding carboxylic acids is 1. The minimum absolute atomic E-state index is 0.0159. The fourth-order valence-electron chi connectivity index (χ4n) is 1.68. The number of hydrogen-bond donors (Lipinski definition) is 0. The minimum atomic E-state index is -1.77. The number of carbonyl (C=O) groups is 1. The lowest BCUT2D eigenvalue weighted by Gasteiger charge is -2.45. The van der Waals surface area contributed by atoms with Crippen LogP contribution in [-0.2, 0) is 9.22 Å². The Morgan fingerprint density at radius 2 is 2.00 bits per heavy atom. The Morgan fingerprint density at radius 1 is 1.41 bits per heavy atom. The number of amides is 1. The van der Waals surface area contributed by atoms with Gasteiger partial charge in [0.2, 0.25) is 5.91 Å². The summed E-state index contributed by atoms with van der Waals surface area (Å²) in [6.07, 6.45) is 2.73. The van der Waals surface area contributed by atoms with Crippen molar-refractivity contribution in [3.63, 3.8) is 0 Å². The molecule has 0 spiro atoms. The largest absolute Gasteiger partial charge is 0.397 e. The summed E-state index contributed by atoms with van der Waals surface area (Å²) in [6, 6.07) is 0. The fourth-order valence-corrected chi connectivity index (χ4v) is 2.96. The fraction of sp³-hybridized carbons (Fsp3) is 0.923. The second kappa shape index (κ2) is 5.10. The van der Waals surface area contributed by atoms with Crippen LogP contribution in [0.15, 0.2) is 0 Å². The van der Waals surface area contributed by atoms with Crippen molar-refractivity contribution >= 4 is 14.2 Å². The maximum absolute atomic E-state index is 11.5. The molecule has 1 amide bonds. The van der Waals surface area contributed by atoms with Gasteiger partial charge in [-0.25, -0.2) is 0 Å². The second-order valence-electron chi connectivity index (χ2n) is 6.46. The maximum atomic E-state index is 11.5. The molecule has 0 N–H and O–H groups in total. The van der Waals surface area contributed by atoms with Gasteiger partial charge < -0.3 is 9.33 Å². The third-order valence-corrected chi connectivity index (χ3v) is 8.48. The molecule has 1 saturated heterocycles. The Morgan fingerprint density at radius 3 is 2.29 bits per heavy atom. The number of likely N-dealkylation sites (tertiary alicyclic amines) is 1. The molecule has 0 aromatic carbocycles. The predicted octanol–water partition coefficient (Wildman–Crippen LogP) is 3.37. The van der Waals surface area contributed by atoms with E-state index in [1.54, 1.807) is 0 Å². The number of hydrogen-bond acceptors (Lipinski definition) is 2. The van der Waals surface area contributed by atoms with Gasteiger partial charge in [-0.2, -0.15) is 0 Å². The van der Waals surface area contributed by atoms with Crippen molar-refractivity contribution < 1.29 is 9.22 Å². The smallest absolute Gasteiger partial charge is 0.226 e. The van der Waals surface area contributed by atoms with E-state index in [-0.39, 0.29) is 17.2 Å². The highest BCUT2D eigenvalue weighted by Gasteiger charge is 2.42. The topological polar surface area (TPSA) is 29.5 Å². The van der Waals surface area contributed by atoms with Gasteiger partial charge in [0.15, 0.2) is 8.32 Å². The third kappa shape index (κ3) is 3.32. The van der Waals surface area contributed by atoms with Crippen molar-refractivity contribution in [2.45, 2.75) is 71.3 Å². The van der Waals surface area contributed by atoms with Crippen LogP contribution >= 0.6 is 0 Å². The zero-order valence-corrected chi connectivity index (χ0v) is 13.2. The molecule has 0 aromatic heterocycles. The summed E-state index contributed by atoms with van der Waals surface area (Å²) in [6.45, 7) is 14.2. The standard InChI is InChI=1S/C13H27NO2Si/c1-7-8-12(14-10-9-11(14)15)16-17(5,6)13(2,3)4/h12H,7-10H2,1-6H3. The Labute approximate surface area is 107 Å². The first-order valence-electron chi connectivity index (χ1n) is 6.66. The molecule has 0 bridgehead atoms. The molecule has 1 unspecified atom stereocenters. The molecule has 1 rings (SSSR count). The molecule has 1 aliphatic rings. The van der Waals surface area contributed by atoms with Crippen LogP contribution in [0.5, 0.6) is 0 Å². The molecular formula is C13H27NO2Si. The van der Waals surface area contributed by atoms with Crippen LogP contribution in [0.1, 0.15) is 47.0 Å². The Bertz CT molecular complexity index is 284. The summed E-state index contributed by atoms with van der Waals surface area (Å²) in [5.74, 6) is 0.252. The Hall–Kier alpha value is -0.353. The van der Waals surface area contributed by atoms with Crippen LogP contribution in [-0.4, -0.2) is 31.9 Å². The lowest BCUT2D eigenvalue weighted by Crippen LogP contribution is -2.56. The van der Waals surface area contributed by atoms with E-state index in [9.17, 15) is 4.79 Å². The van der Waals surface area contributed by atoms with Gasteiger partial charge in [-0.15, -0.1) is 0 Å². The molecule has 1 aliphatic heterocycles. The lowest BCUT2D eigenvalue weighted by molar-refractivity contribution is -0.152. The van der Waals surface area contributed by atoms with E-state index < -0.39 is 8.32 Å². The van der Waals surface area contributed by atoms with E-state index in [1.807, 2.05) is 4.90 Å². The Kier molecular flexibility index (Phi) is 4.41. The summed E-state index contributed by atoms with van der Waals surface area (Å²) in [4.78, 5) is 13.5. The minimum Gasteiger partial charge on any atom is -0.397 e. The van der Waals surface area contributed by atoms with Crippen LogP contribution in [0, 0.1) is 0 Å². The van der Waals surface area contributed by atoms with Crippen molar-refractivity contribution in [3.05, 3.63) is 0 Å². The third-order valence-electron chi connectivity index (χ3n) is 4.01. The van der Waals surface area contributed by atoms with Gasteiger partial charge in [-0.05, 0) is 24.6 Å². The van der Waals surface area contributed by atoms with E-state index in [0.29, 0.717) is 6.42 Å². The second-order valence-corrected chi connectivity index (χ2v) is 11.2. The molecule has 0 saturated carbocycles. The Balaban J connectivity index is 2.69. The maximum Gasteiger partial charge on any atom is 0.226 e. The van der Waals surface area contributed by atoms with Gasteiger partial charge in [0, 0.05) is 13.0 Å². The SMILES string of the molecule is CCCC(O[Si](C)(C)C(C)(C)C)N1CCC1=O. The van der Waals surface area contributed by atoms with Crippen molar-refractivity contribution in [1.29, 1.82) is 0 Å². The van der Waals surface area contributed by atoms with Crippen molar-refractivity contribution in [1.82, 2.24) is 4.90 Å². The van der Waals surface area contributed by atoms with Crippen molar-refractivity contribution in [3.8, 4) is 0 Å². The zero-order chi connectivity index (χ0) is 13.3. The highest BCUT2D eigenvalue weighted by molar-refractivity contribution is 6.74. The highest BCUT2D eigenvalue weighted by atomic mass is 28.4. The van der Waals surface area contributed by atoms with Gasteiger partial charge >= 0.3 is 0 Å². The summed E-state index contributed by atoms with van der Waals surface area (Å²) in [5, 5.41) is 0.201. The molecule has 17 heavy (non-hydrogen) atoms.